The Morgan fingerprint density at radius 1 is 1.44 bits per heavy atom. The summed E-state index contributed by atoms with van der Waals surface area (Å²) in [6.07, 6.45) is 2.78. The molecule has 0 aromatic heterocycles. The van der Waals surface area contributed by atoms with Gasteiger partial charge in [0, 0.05) is 18.5 Å². The minimum Gasteiger partial charge on any atom is -0.316 e. The quantitative estimate of drug-likeness (QED) is 0.682. The van der Waals surface area contributed by atoms with Gasteiger partial charge in [-0.1, -0.05) is 0 Å². The van der Waals surface area contributed by atoms with Gasteiger partial charge in [-0.2, -0.15) is 0 Å². The van der Waals surface area contributed by atoms with Crippen LogP contribution in [0.1, 0.15) is 26.7 Å². The van der Waals surface area contributed by atoms with Gasteiger partial charge in [0.2, 0.25) is 0 Å². The van der Waals surface area contributed by atoms with E-state index in [0.29, 0.717) is 12.3 Å². The van der Waals surface area contributed by atoms with Crippen LogP contribution in [0.3, 0.4) is 0 Å². The molecule has 2 aliphatic heterocycles. The number of carbonyl (C=O) groups is 2. The highest BCUT2D eigenvalue weighted by atomic mass is 16.1. The van der Waals surface area contributed by atoms with Gasteiger partial charge in [-0.15, -0.1) is 0 Å². The Balaban J connectivity index is 2.08. The van der Waals surface area contributed by atoms with E-state index in [1.165, 1.54) is 0 Å². The molecule has 0 amide bonds. The lowest BCUT2D eigenvalue weighted by molar-refractivity contribution is -0.137. The smallest absolute Gasteiger partial charge is 0.154 e. The first-order valence-corrected chi connectivity index (χ1v) is 5.96. The van der Waals surface area contributed by atoms with E-state index in [1.807, 2.05) is 18.7 Å². The summed E-state index contributed by atoms with van der Waals surface area (Å²) in [7, 11) is 0. The number of piperidine rings is 1. The number of Topliss-reactive ketones (excluding diaryl/α,β-unsaturated/α-hetero) is 1. The molecule has 0 saturated carbocycles. The Bertz CT molecular complexity index is 306. The summed E-state index contributed by atoms with van der Waals surface area (Å²) in [6, 6.07) is 0. The van der Waals surface area contributed by atoms with Gasteiger partial charge < -0.3 is 10.1 Å². The van der Waals surface area contributed by atoms with Crippen LogP contribution < -0.4 is 5.32 Å². The second-order valence-corrected chi connectivity index (χ2v) is 5.57. The molecule has 90 valence electrons. The van der Waals surface area contributed by atoms with Gasteiger partial charge in [-0.05, 0) is 33.2 Å². The zero-order valence-electron chi connectivity index (χ0n) is 10.1. The molecule has 1 unspecified atom stereocenters. The molecule has 2 rings (SSSR count). The van der Waals surface area contributed by atoms with Crippen LogP contribution in [-0.2, 0) is 9.59 Å². The Labute approximate surface area is 96.4 Å². The van der Waals surface area contributed by atoms with E-state index < -0.39 is 5.54 Å². The Morgan fingerprint density at radius 3 is 2.69 bits per heavy atom. The van der Waals surface area contributed by atoms with Crippen molar-refractivity contribution in [1.29, 1.82) is 0 Å². The predicted molar refractivity (Wildman–Crippen MR) is 61.3 cm³/mol. The molecule has 1 atom stereocenters. The number of carbonyl (C=O) groups excluding carboxylic acids is 2. The van der Waals surface area contributed by atoms with Crippen LogP contribution in [0.15, 0.2) is 0 Å². The molecule has 4 nitrogen and oxygen atoms in total. The summed E-state index contributed by atoms with van der Waals surface area (Å²) in [5.74, 6) is 0.304. The highest BCUT2D eigenvalue weighted by Gasteiger charge is 2.46. The first kappa shape index (κ1) is 11.7. The molecule has 1 spiro atoms. The maximum atomic E-state index is 12.2. The van der Waals surface area contributed by atoms with E-state index in [-0.39, 0.29) is 5.41 Å². The van der Waals surface area contributed by atoms with Crippen molar-refractivity contribution in [2.75, 3.05) is 26.2 Å². The number of hydrogen-bond acceptors (Lipinski definition) is 4. The molecule has 0 aliphatic carbocycles. The predicted octanol–water partition coefficient (Wildman–Crippen LogP) is 0.218. The van der Waals surface area contributed by atoms with E-state index in [0.717, 1.165) is 38.8 Å². The molecule has 0 bridgehead atoms. The fraction of sp³-hybridized carbons (Fsp3) is 0.833. The van der Waals surface area contributed by atoms with E-state index in [2.05, 4.69) is 5.32 Å². The average molecular weight is 224 g/mol. The number of ketones is 1. The third-order valence-electron chi connectivity index (χ3n) is 4.13. The van der Waals surface area contributed by atoms with Crippen LogP contribution in [0.25, 0.3) is 0 Å². The SMILES string of the molecule is CC(C)(C=O)N1CCC2(CCNC2)C(=O)C1. The summed E-state index contributed by atoms with van der Waals surface area (Å²) in [5, 5.41) is 3.27. The van der Waals surface area contributed by atoms with Crippen molar-refractivity contribution < 1.29 is 9.59 Å². The number of nitrogens with zero attached hydrogens (tertiary/aromatic N) is 1. The summed E-state index contributed by atoms with van der Waals surface area (Å²) in [4.78, 5) is 25.2. The van der Waals surface area contributed by atoms with Crippen molar-refractivity contribution >= 4 is 12.1 Å². The highest BCUT2D eigenvalue weighted by Crippen LogP contribution is 2.35. The van der Waals surface area contributed by atoms with Gasteiger partial charge in [-0.25, -0.2) is 0 Å². The van der Waals surface area contributed by atoms with E-state index >= 15 is 0 Å². The Kier molecular flexibility index (Phi) is 2.88. The van der Waals surface area contributed by atoms with Crippen molar-refractivity contribution in [3.8, 4) is 0 Å². The lowest BCUT2D eigenvalue weighted by Crippen LogP contribution is -2.56. The minimum absolute atomic E-state index is 0.129. The second-order valence-electron chi connectivity index (χ2n) is 5.57. The topological polar surface area (TPSA) is 49.4 Å². The Hall–Kier alpha value is -0.740. The van der Waals surface area contributed by atoms with Gasteiger partial charge in [-0.3, -0.25) is 9.69 Å². The number of nitrogens with one attached hydrogen (secondary N) is 1. The van der Waals surface area contributed by atoms with Crippen molar-refractivity contribution in [2.24, 2.45) is 5.41 Å². The lowest BCUT2D eigenvalue weighted by Gasteiger charge is -2.42. The normalized spacial score (nSPS) is 32.2. The molecule has 2 aliphatic rings. The standard InChI is InChI=1S/C12H20N2O2/c1-11(2,9-15)14-6-4-12(10(16)7-14)3-5-13-8-12/h9,13H,3-8H2,1-2H3. The summed E-state index contributed by atoms with van der Waals surface area (Å²) < 4.78 is 0. The monoisotopic (exact) mass is 224 g/mol. The van der Waals surface area contributed by atoms with Crippen LogP contribution in [0.5, 0.6) is 0 Å². The Morgan fingerprint density at radius 2 is 2.19 bits per heavy atom. The van der Waals surface area contributed by atoms with E-state index in [4.69, 9.17) is 0 Å². The first-order chi connectivity index (χ1) is 7.50. The molecular formula is C12H20N2O2. The van der Waals surface area contributed by atoms with E-state index in [9.17, 15) is 9.59 Å². The summed E-state index contributed by atoms with van der Waals surface area (Å²) in [5.41, 5.74) is -0.640. The van der Waals surface area contributed by atoms with Gasteiger partial charge in [0.15, 0.2) is 5.78 Å². The van der Waals surface area contributed by atoms with Gasteiger partial charge in [0.05, 0.1) is 12.1 Å². The maximum Gasteiger partial charge on any atom is 0.154 e. The highest BCUT2D eigenvalue weighted by molar-refractivity contribution is 5.88. The van der Waals surface area contributed by atoms with Gasteiger partial charge >= 0.3 is 0 Å². The molecule has 2 heterocycles. The van der Waals surface area contributed by atoms with Crippen LogP contribution in [0.4, 0.5) is 0 Å². The summed E-state index contributed by atoms with van der Waals surface area (Å²) >= 11 is 0. The third-order valence-corrected chi connectivity index (χ3v) is 4.13. The number of hydrogen-bond donors (Lipinski definition) is 1. The van der Waals surface area contributed by atoms with E-state index in [1.54, 1.807) is 0 Å². The van der Waals surface area contributed by atoms with Crippen molar-refractivity contribution in [3.63, 3.8) is 0 Å². The molecule has 0 radical (unpaired) electrons. The molecule has 4 heteroatoms. The largest absolute Gasteiger partial charge is 0.316 e. The van der Waals surface area contributed by atoms with Crippen molar-refractivity contribution in [1.82, 2.24) is 10.2 Å². The summed E-state index contributed by atoms with van der Waals surface area (Å²) in [6.45, 7) is 6.78. The molecule has 2 saturated heterocycles. The van der Waals surface area contributed by atoms with Crippen LogP contribution in [0.2, 0.25) is 0 Å². The average Bonchev–Trinajstić information content (AvgIpc) is 2.72. The van der Waals surface area contributed by atoms with Crippen LogP contribution in [0, 0.1) is 5.41 Å². The first-order valence-electron chi connectivity index (χ1n) is 5.96. The molecule has 1 N–H and O–H groups in total. The zero-order valence-corrected chi connectivity index (χ0v) is 10.1. The van der Waals surface area contributed by atoms with Gasteiger partial charge in [0.25, 0.3) is 0 Å². The third kappa shape index (κ3) is 1.80. The fourth-order valence-corrected chi connectivity index (χ4v) is 2.67. The van der Waals surface area contributed by atoms with Crippen molar-refractivity contribution in [3.05, 3.63) is 0 Å². The molecule has 0 aromatic rings. The molecule has 0 aromatic carbocycles. The van der Waals surface area contributed by atoms with Crippen LogP contribution >= 0.6 is 0 Å². The number of aldehydes is 1. The zero-order chi connectivity index (χ0) is 11.8. The lowest BCUT2D eigenvalue weighted by atomic mass is 9.76. The molecule has 2 fully saturated rings. The second kappa shape index (κ2) is 3.93. The van der Waals surface area contributed by atoms with Crippen molar-refractivity contribution in [2.45, 2.75) is 32.2 Å². The molecule has 16 heavy (non-hydrogen) atoms. The number of rotatable bonds is 2. The van der Waals surface area contributed by atoms with Crippen LogP contribution in [-0.4, -0.2) is 48.7 Å². The minimum atomic E-state index is -0.511. The maximum absolute atomic E-state index is 12.2. The fourth-order valence-electron chi connectivity index (χ4n) is 2.67. The van der Waals surface area contributed by atoms with Gasteiger partial charge in [0.1, 0.15) is 6.29 Å². The molecular weight excluding hydrogens is 204 g/mol. The number of likely N-dealkylation sites (tertiary alicyclic amines) is 1.